The highest BCUT2D eigenvalue weighted by Gasteiger charge is 2.40. The SMILES string of the molecule is CCCCCSC(CC)C1CC1CC. The van der Waals surface area contributed by atoms with Crippen molar-refractivity contribution in [2.75, 3.05) is 5.75 Å². The van der Waals surface area contributed by atoms with Gasteiger partial charge in [-0.05, 0) is 36.9 Å². The third kappa shape index (κ3) is 3.84. The van der Waals surface area contributed by atoms with Crippen LogP contribution in [-0.2, 0) is 0 Å². The molecule has 0 nitrogen and oxygen atoms in total. The van der Waals surface area contributed by atoms with E-state index in [4.69, 9.17) is 0 Å². The summed E-state index contributed by atoms with van der Waals surface area (Å²) >= 11 is 2.25. The highest BCUT2D eigenvalue weighted by atomic mass is 32.2. The number of hydrogen-bond acceptors (Lipinski definition) is 1. The summed E-state index contributed by atoms with van der Waals surface area (Å²) in [5.74, 6) is 3.56. The van der Waals surface area contributed by atoms with Gasteiger partial charge in [0.25, 0.3) is 0 Å². The summed E-state index contributed by atoms with van der Waals surface area (Å²) in [5.41, 5.74) is 0. The molecule has 1 heteroatoms. The molecule has 0 radical (unpaired) electrons. The smallest absolute Gasteiger partial charge is 0.00754 e. The Morgan fingerprint density at radius 2 is 2.00 bits per heavy atom. The second kappa shape index (κ2) is 6.76. The van der Waals surface area contributed by atoms with Gasteiger partial charge in [0.15, 0.2) is 0 Å². The minimum absolute atomic E-state index is 0.983. The molecule has 0 aromatic rings. The summed E-state index contributed by atoms with van der Waals surface area (Å²) in [6.07, 6.45) is 8.54. The van der Waals surface area contributed by atoms with Crippen LogP contribution in [0.3, 0.4) is 0 Å². The van der Waals surface area contributed by atoms with Crippen LogP contribution >= 0.6 is 11.8 Å². The Bertz CT molecular complexity index is 144. The molecule has 0 spiro atoms. The molecule has 1 fully saturated rings. The molecule has 14 heavy (non-hydrogen) atoms. The Morgan fingerprint density at radius 1 is 1.21 bits per heavy atom. The minimum atomic E-state index is 0.983. The first kappa shape index (κ1) is 12.4. The lowest BCUT2D eigenvalue weighted by Gasteiger charge is -2.13. The number of hydrogen-bond donors (Lipinski definition) is 0. The van der Waals surface area contributed by atoms with Crippen molar-refractivity contribution in [2.24, 2.45) is 11.8 Å². The van der Waals surface area contributed by atoms with Crippen LogP contribution in [0.25, 0.3) is 0 Å². The van der Waals surface area contributed by atoms with Crippen LogP contribution in [0.5, 0.6) is 0 Å². The maximum absolute atomic E-state index is 2.36. The number of rotatable bonds is 8. The van der Waals surface area contributed by atoms with E-state index in [0.29, 0.717) is 0 Å². The maximum atomic E-state index is 2.36. The molecule has 0 N–H and O–H groups in total. The van der Waals surface area contributed by atoms with E-state index in [1.165, 1.54) is 44.3 Å². The summed E-state index contributed by atoms with van der Waals surface area (Å²) in [6, 6.07) is 0. The fourth-order valence-electron chi connectivity index (χ4n) is 2.33. The number of thioether (sulfide) groups is 1. The lowest BCUT2D eigenvalue weighted by Crippen LogP contribution is -2.06. The summed E-state index contributed by atoms with van der Waals surface area (Å²) < 4.78 is 0. The van der Waals surface area contributed by atoms with Crippen molar-refractivity contribution in [3.05, 3.63) is 0 Å². The molecule has 0 bridgehead atoms. The highest BCUT2D eigenvalue weighted by molar-refractivity contribution is 7.99. The molecule has 0 aromatic carbocycles. The van der Waals surface area contributed by atoms with E-state index < -0.39 is 0 Å². The molecule has 0 heterocycles. The molecular weight excluding hydrogens is 188 g/mol. The van der Waals surface area contributed by atoms with E-state index in [0.717, 1.165) is 17.1 Å². The van der Waals surface area contributed by atoms with Gasteiger partial charge < -0.3 is 0 Å². The van der Waals surface area contributed by atoms with Gasteiger partial charge in [0.1, 0.15) is 0 Å². The quantitative estimate of drug-likeness (QED) is 0.526. The summed E-state index contributed by atoms with van der Waals surface area (Å²) in [6.45, 7) is 7.00. The Kier molecular flexibility index (Phi) is 6.00. The van der Waals surface area contributed by atoms with E-state index in [1.807, 2.05) is 0 Å². The summed E-state index contributed by atoms with van der Waals surface area (Å²) in [4.78, 5) is 0. The van der Waals surface area contributed by atoms with Crippen molar-refractivity contribution < 1.29 is 0 Å². The number of unbranched alkanes of at least 4 members (excludes halogenated alkanes) is 2. The van der Waals surface area contributed by atoms with Crippen molar-refractivity contribution in [1.29, 1.82) is 0 Å². The molecule has 0 amide bonds. The van der Waals surface area contributed by atoms with E-state index in [9.17, 15) is 0 Å². The van der Waals surface area contributed by atoms with E-state index in [1.54, 1.807) is 0 Å². The Labute approximate surface area is 94.2 Å². The van der Waals surface area contributed by atoms with Crippen LogP contribution in [0, 0.1) is 11.8 Å². The van der Waals surface area contributed by atoms with Crippen molar-refractivity contribution in [3.63, 3.8) is 0 Å². The van der Waals surface area contributed by atoms with Gasteiger partial charge in [-0.2, -0.15) is 11.8 Å². The van der Waals surface area contributed by atoms with Crippen LogP contribution in [0.15, 0.2) is 0 Å². The zero-order valence-corrected chi connectivity index (χ0v) is 10.9. The van der Waals surface area contributed by atoms with E-state index >= 15 is 0 Å². The zero-order chi connectivity index (χ0) is 10.4. The molecule has 1 aliphatic carbocycles. The molecule has 3 unspecified atom stereocenters. The predicted molar refractivity (Wildman–Crippen MR) is 68.0 cm³/mol. The maximum Gasteiger partial charge on any atom is 0.00754 e. The minimum Gasteiger partial charge on any atom is -0.158 e. The van der Waals surface area contributed by atoms with Gasteiger partial charge in [0.05, 0.1) is 0 Å². The van der Waals surface area contributed by atoms with Crippen molar-refractivity contribution in [3.8, 4) is 0 Å². The Balaban J connectivity index is 2.07. The van der Waals surface area contributed by atoms with Crippen LogP contribution in [-0.4, -0.2) is 11.0 Å². The van der Waals surface area contributed by atoms with Crippen LogP contribution in [0.2, 0.25) is 0 Å². The standard InChI is InChI=1S/C13H26S/c1-4-7-8-9-14-13(6-3)12-10-11(12)5-2/h11-13H,4-10H2,1-3H3. The van der Waals surface area contributed by atoms with Crippen LogP contribution < -0.4 is 0 Å². The predicted octanol–water partition coefficient (Wildman–Crippen LogP) is 4.73. The van der Waals surface area contributed by atoms with Crippen molar-refractivity contribution in [2.45, 2.75) is 64.5 Å². The zero-order valence-electron chi connectivity index (χ0n) is 10.1. The first-order chi connectivity index (χ1) is 6.83. The van der Waals surface area contributed by atoms with Crippen molar-refractivity contribution in [1.82, 2.24) is 0 Å². The molecule has 1 aliphatic rings. The second-order valence-electron chi connectivity index (χ2n) is 4.59. The van der Waals surface area contributed by atoms with E-state index in [2.05, 4.69) is 32.5 Å². The van der Waals surface area contributed by atoms with Gasteiger partial charge in [-0.25, -0.2) is 0 Å². The summed E-state index contributed by atoms with van der Waals surface area (Å²) in [5, 5.41) is 0.983. The first-order valence-electron chi connectivity index (χ1n) is 6.45. The molecule has 0 aliphatic heterocycles. The topological polar surface area (TPSA) is 0 Å². The van der Waals surface area contributed by atoms with Gasteiger partial charge in [0.2, 0.25) is 0 Å². The van der Waals surface area contributed by atoms with Crippen molar-refractivity contribution >= 4 is 11.8 Å². The normalized spacial score (nSPS) is 27.6. The summed E-state index contributed by atoms with van der Waals surface area (Å²) in [7, 11) is 0. The third-order valence-corrected chi connectivity index (χ3v) is 5.10. The average molecular weight is 214 g/mol. The highest BCUT2D eigenvalue weighted by Crippen LogP contribution is 2.48. The fraction of sp³-hybridized carbons (Fsp3) is 1.00. The van der Waals surface area contributed by atoms with E-state index in [-0.39, 0.29) is 0 Å². The second-order valence-corrected chi connectivity index (χ2v) is 5.94. The lowest BCUT2D eigenvalue weighted by molar-refractivity contribution is 0.634. The Hall–Kier alpha value is 0.350. The monoisotopic (exact) mass is 214 g/mol. The largest absolute Gasteiger partial charge is 0.158 e. The van der Waals surface area contributed by atoms with Crippen LogP contribution in [0.1, 0.15) is 59.3 Å². The van der Waals surface area contributed by atoms with Gasteiger partial charge in [-0.3, -0.25) is 0 Å². The Morgan fingerprint density at radius 3 is 2.50 bits per heavy atom. The van der Waals surface area contributed by atoms with Gasteiger partial charge in [-0.1, -0.05) is 40.0 Å². The average Bonchev–Trinajstić information content (AvgIpc) is 2.97. The molecule has 0 saturated heterocycles. The van der Waals surface area contributed by atoms with Gasteiger partial charge >= 0.3 is 0 Å². The lowest BCUT2D eigenvalue weighted by atomic mass is 10.2. The van der Waals surface area contributed by atoms with Gasteiger partial charge in [0, 0.05) is 5.25 Å². The molecule has 84 valence electrons. The molecule has 1 saturated carbocycles. The van der Waals surface area contributed by atoms with Gasteiger partial charge in [-0.15, -0.1) is 0 Å². The molecule has 3 atom stereocenters. The molecule has 1 rings (SSSR count). The molecular formula is C13H26S. The fourth-order valence-corrected chi connectivity index (χ4v) is 3.82. The molecule has 0 aromatic heterocycles. The van der Waals surface area contributed by atoms with Crippen LogP contribution in [0.4, 0.5) is 0 Å². The first-order valence-corrected chi connectivity index (χ1v) is 7.49. The third-order valence-electron chi connectivity index (χ3n) is 3.46.